The Balaban J connectivity index is 0.00000147. The second-order valence-electron chi connectivity index (χ2n) is 5.21. The van der Waals surface area contributed by atoms with Gasteiger partial charge in [0.05, 0.1) is 25.5 Å². The molecule has 2 heterocycles. The summed E-state index contributed by atoms with van der Waals surface area (Å²) in [6.45, 7) is 1.87. The van der Waals surface area contributed by atoms with Gasteiger partial charge >= 0.3 is 0 Å². The van der Waals surface area contributed by atoms with Gasteiger partial charge in [-0.25, -0.2) is 0 Å². The van der Waals surface area contributed by atoms with Crippen LogP contribution in [0, 0.1) is 0 Å². The predicted molar refractivity (Wildman–Crippen MR) is 76.9 cm³/mol. The minimum atomic E-state index is -0.226. The van der Waals surface area contributed by atoms with Gasteiger partial charge in [-0.05, 0) is 19.3 Å². The Hall–Kier alpha value is -1.11. The van der Waals surface area contributed by atoms with E-state index in [1.807, 2.05) is 17.9 Å². The Morgan fingerprint density at radius 3 is 3.20 bits per heavy atom. The summed E-state index contributed by atoms with van der Waals surface area (Å²) >= 11 is 0. The van der Waals surface area contributed by atoms with Crippen LogP contribution in [0.1, 0.15) is 30.1 Å². The maximum atomic E-state index is 12.2. The lowest BCUT2D eigenvalue weighted by Gasteiger charge is -2.28. The number of nitrogens with zero attached hydrogens (tertiary/aromatic N) is 2. The largest absolute Gasteiger partial charge is 0.378 e. The molecule has 1 saturated heterocycles. The first-order valence-electron chi connectivity index (χ1n) is 6.88. The van der Waals surface area contributed by atoms with Gasteiger partial charge in [0.1, 0.15) is 6.04 Å². The fourth-order valence-electron chi connectivity index (χ4n) is 2.86. The van der Waals surface area contributed by atoms with Gasteiger partial charge in [0.25, 0.3) is 0 Å². The number of carbonyl (C=O) groups is 1. The van der Waals surface area contributed by atoms with Crippen molar-refractivity contribution >= 4 is 18.3 Å². The van der Waals surface area contributed by atoms with E-state index in [4.69, 9.17) is 4.74 Å². The molecule has 3 rings (SSSR count). The van der Waals surface area contributed by atoms with Crippen LogP contribution in [0.3, 0.4) is 0 Å². The normalized spacial score (nSPS) is 25.4. The fraction of sp³-hybridized carbons (Fsp3) is 0.692. The molecular formula is C13H21ClN4O2. The Morgan fingerprint density at radius 2 is 2.45 bits per heavy atom. The minimum Gasteiger partial charge on any atom is -0.378 e. The lowest BCUT2D eigenvalue weighted by atomic mass is 9.93. The summed E-state index contributed by atoms with van der Waals surface area (Å²) in [5, 5.41) is 10.6. The number of amides is 1. The highest BCUT2D eigenvalue weighted by Gasteiger charge is 2.28. The molecule has 1 amide bonds. The quantitative estimate of drug-likeness (QED) is 0.826. The third-order valence-electron chi connectivity index (χ3n) is 3.93. The van der Waals surface area contributed by atoms with Crippen molar-refractivity contribution in [2.24, 2.45) is 7.05 Å². The summed E-state index contributed by atoms with van der Waals surface area (Å²) in [5.41, 5.74) is 2.41. The number of aryl methyl sites for hydroxylation is 1. The van der Waals surface area contributed by atoms with Crippen LogP contribution in [0.2, 0.25) is 0 Å². The van der Waals surface area contributed by atoms with Gasteiger partial charge in [0.2, 0.25) is 5.91 Å². The molecule has 0 spiro atoms. The summed E-state index contributed by atoms with van der Waals surface area (Å²) in [6, 6.07) is -0.135. The number of morpholine rings is 1. The van der Waals surface area contributed by atoms with Crippen LogP contribution >= 0.6 is 12.4 Å². The molecule has 7 heteroatoms. The van der Waals surface area contributed by atoms with Gasteiger partial charge in [0, 0.05) is 24.8 Å². The van der Waals surface area contributed by atoms with E-state index in [0.717, 1.165) is 25.8 Å². The van der Waals surface area contributed by atoms with Gasteiger partial charge in [-0.2, -0.15) is 5.10 Å². The molecule has 0 saturated carbocycles. The first kappa shape index (κ1) is 15.3. The lowest BCUT2D eigenvalue weighted by Crippen LogP contribution is -2.52. The average Bonchev–Trinajstić information content (AvgIpc) is 2.83. The van der Waals surface area contributed by atoms with Crippen LogP contribution in [-0.2, 0) is 23.0 Å². The van der Waals surface area contributed by atoms with Crippen LogP contribution in [0.15, 0.2) is 6.20 Å². The number of hydrogen-bond acceptors (Lipinski definition) is 4. The van der Waals surface area contributed by atoms with Crippen molar-refractivity contribution in [1.82, 2.24) is 20.4 Å². The average molecular weight is 301 g/mol. The number of carbonyl (C=O) groups excluding carboxylic acids is 1. The number of hydrogen-bond donors (Lipinski definition) is 2. The molecule has 2 atom stereocenters. The summed E-state index contributed by atoms with van der Waals surface area (Å²) in [6.07, 6.45) is 5.00. The number of ether oxygens (including phenoxy) is 1. The summed E-state index contributed by atoms with van der Waals surface area (Å²) < 4.78 is 7.24. The molecule has 2 N–H and O–H groups in total. The minimum absolute atomic E-state index is 0. The molecule has 112 valence electrons. The topological polar surface area (TPSA) is 68.2 Å². The van der Waals surface area contributed by atoms with Crippen LogP contribution in [0.25, 0.3) is 0 Å². The van der Waals surface area contributed by atoms with E-state index in [-0.39, 0.29) is 30.4 Å². The van der Waals surface area contributed by atoms with E-state index in [1.165, 1.54) is 11.3 Å². The SMILES string of the molecule is Cl.Cn1ncc2c1CCCC2NC(=O)C1COCCN1. The first-order valence-corrected chi connectivity index (χ1v) is 6.88. The molecule has 6 nitrogen and oxygen atoms in total. The first-order chi connectivity index (χ1) is 9.25. The highest BCUT2D eigenvalue weighted by Crippen LogP contribution is 2.29. The molecule has 1 aliphatic heterocycles. The highest BCUT2D eigenvalue weighted by atomic mass is 35.5. The Bertz CT molecular complexity index is 471. The molecule has 2 unspecified atom stereocenters. The molecule has 0 aromatic carbocycles. The maximum absolute atomic E-state index is 12.2. The van der Waals surface area contributed by atoms with Crippen molar-refractivity contribution in [3.05, 3.63) is 17.5 Å². The summed E-state index contributed by atoms with van der Waals surface area (Å²) in [4.78, 5) is 12.2. The molecule has 2 aliphatic rings. The molecule has 1 fully saturated rings. The van der Waals surface area contributed by atoms with Gasteiger partial charge in [-0.1, -0.05) is 0 Å². The number of aromatic nitrogens is 2. The zero-order valence-corrected chi connectivity index (χ0v) is 12.4. The van der Waals surface area contributed by atoms with Crippen LogP contribution in [0.4, 0.5) is 0 Å². The van der Waals surface area contributed by atoms with Crippen LogP contribution in [-0.4, -0.2) is 41.5 Å². The summed E-state index contributed by atoms with van der Waals surface area (Å²) in [5.74, 6) is 0.0291. The van der Waals surface area contributed by atoms with Crippen molar-refractivity contribution in [1.29, 1.82) is 0 Å². The zero-order valence-electron chi connectivity index (χ0n) is 11.6. The van der Waals surface area contributed by atoms with Crippen molar-refractivity contribution in [3.63, 3.8) is 0 Å². The second kappa shape index (κ2) is 6.56. The molecule has 1 aliphatic carbocycles. The number of halogens is 1. The number of fused-ring (bicyclic) bond motifs is 1. The van der Waals surface area contributed by atoms with E-state index in [0.29, 0.717) is 13.2 Å². The Labute approximate surface area is 124 Å². The van der Waals surface area contributed by atoms with Gasteiger partial charge in [-0.3, -0.25) is 9.48 Å². The van der Waals surface area contributed by atoms with E-state index >= 15 is 0 Å². The summed E-state index contributed by atoms with van der Waals surface area (Å²) in [7, 11) is 1.96. The van der Waals surface area contributed by atoms with Gasteiger partial charge < -0.3 is 15.4 Å². The smallest absolute Gasteiger partial charge is 0.240 e. The predicted octanol–water partition coefficient (Wildman–Crippen LogP) is 0.324. The van der Waals surface area contributed by atoms with Crippen LogP contribution < -0.4 is 10.6 Å². The van der Waals surface area contributed by atoms with Crippen molar-refractivity contribution in [2.45, 2.75) is 31.3 Å². The van der Waals surface area contributed by atoms with E-state index < -0.39 is 0 Å². The van der Waals surface area contributed by atoms with Gasteiger partial charge in [0.15, 0.2) is 0 Å². The van der Waals surface area contributed by atoms with Crippen molar-refractivity contribution in [2.75, 3.05) is 19.8 Å². The molecule has 0 bridgehead atoms. The van der Waals surface area contributed by atoms with Crippen molar-refractivity contribution in [3.8, 4) is 0 Å². The molecule has 1 aromatic heterocycles. The lowest BCUT2D eigenvalue weighted by molar-refractivity contribution is -0.126. The monoisotopic (exact) mass is 300 g/mol. The Kier molecular flexibility index (Phi) is 5.01. The van der Waals surface area contributed by atoms with E-state index in [1.54, 1.807) is 0 Å². The van der Waals surface area contributed by atoms with Crippen molar-refractivity contribution < 1.29 is 9.53 Å². The fourth-order valence-corrected chi connectivity index (χ4v) is 2.86. The van der Waals surface area contributed by atoms with Gasteiger partial charge in [-0.15, -0.1) is 12.4 Å². The third-order valence-corrected chi connectivity index (χ3v) is 3.93. The van der Waals surface area contributed by atoms with E-state index in [2.05, 4.69) is 15.7 Å². The third kappa shape index (κ3) is 2.97. The zero-order chi connectivity index (χ0) is 13.2. The van der Waals surface area contributed by atoms with Crippen LogP contribution in [0.5, 0.6) is 0 Å². The molecule has 20 heavy (non-hydrogen) atoms. The molecule has 0 radical (unpaired) electrons. The maximum Gasteiger partial charge on any atom is 0.240 e. The second-order valence-corrected chi connectivity index (χ2v) is 5.21. The number of rotatable bonds is 2. The number of nitrogens with one attached hydrogen (secondary N) is 2. The molecule has 1 aromatic rings. The standard InChI is InChI=1S/C13H20N4O2.ClH/c1-17-12-4-2-3-10(9(12)7-15-17)16-13(18)11-8-19-6-5-14-11;/h7,10-11,14H,2-6,8H2,1H3,(H,16,18);1H. The van der Waals surface area contributed by atoms with E-state index in [9.17, 15) is 4.79 Å². The highest BCUT2D eigenvalue weighted by molar-refractivity contribution is 5.85. The Morgan fingerprint density at radius 1 is 1.60 bits per heavy atom. The molecular weight excluding hydrogens is 280 g/mol.